The molecule has 3 heterocycles. The third-order valence-corrected chi connectivity index (χ3v) is 17.5. The number of hydrogen-bond donors (Lipinski definition) is 7. The first-order valence-electron chi connectivity index (χ1n) is 26.6. The molecule has 0 bridgehead atoms. The first-order chi connectivity index (χ1) is 38.1. The molecule has 7 N–H and O–H groups in total. The molecule has 0 saturated heterocycles. The number of carbonyl (C=O) groups excluding carboxylic acids is 3. The molecule has 3 aliphatic rings. The van der Waals surface area contributed by atoms with E-state index in [9.17, 15) is 58.7 Å². The van der Waals surface area contributed by atoms with Gasteiger partial charge in [-0.25, -0.2) is 4.79 Å². The van der Waals surface area contributed by atoms with Crippen LogP contribution in [0.1, 0.15) is 90.2 Å². The van der Waals surface area contributed by atoms with Gasteiger partial charge >= 0.3 is 5.97 Å². The van der Waals surface area contributed by atoms with Crippen molar-refractivity contribution in [2.75, 3.05) is 48.3 Å². The maximum Gasteiger partial charge on any atom is 0.333 e. The number of rotatable bonds is 23. The van der Waals surface area contributed by atoms with Crippen LogP contribution < -0.4 is 20.4 Å². The van der Waals surface area contributed by atoms with Crippen molar-refractivity contribution in [3.63, 3.8) is 0 Å². The molecule has 23 heteroatoms. The van der Waals surface area contributed by atoms with Crippen LogP contribution in [-0.4, -0.2) is 125 Å². The van der Waals surface area contributed by atoms with E-state index in [4.69, 9.17) is 4.84 Å². The van der Waals surface area contributed by atoms with E-state index in [1.807, 2.05) is 128 Å². The van der Waals surface area contributed by atoms with Crippen LogP contribution in [0, 0.1) is 5.41 Å². The molecule has 2 amide bonds. The summed E-state index contributed by atoms with van der Waals surface area (Å²) >= 11 is 0. The van der Waals surface area contributed by atoms with E-state index in [1.54, 1.807) is 12.2 Å². The number of allylic oxidation sites excluding steroid dienone is 8. The molecule has 432 valence electrons. The number of hydrogen-bond acceptors (Lipinski definition) is 13. The molecule has 2 aliphatic heterocycles. The van der Waals surface area contributed by atoms with Crippen molar-refractivity contribution in [2.45, 2.75) is 89.9 Å². The average molecular weight is 1170 g/mol. The number of anilines is 1. The largest absolute Gasteiger partial charge is 0.492 e. The van der Waals surface area contributed by atoms with Crippen molar-refractivity contribution in [1.82, 2.24) is 15.4 Å². The average Bonchev–Trinajstić information content (AvgIpc) is 3.86. The zero-order valence-corrected chi connectivity index (χ0v) is 47.9. The number of fused-ring (bicyclic) bond motifs is 6. The summed E-state index contributed by atoms with van der Waals surface area (Å²) < 4.78 is 104. The minimum absolute atomic E-state index is 0.0425. The highest BCUT2D eigenvalue weighted by Crippen LogP contribution is 2.51. The van der Waals surface area contributed by atoms with E-state index in [2.05, 4.69) is 10.6 Å². The fourth-order valence-corrected chi connectivity index (χ4v) is 12.9. The minimum atomic E-state index is -4.55. The molecule has 0 radical (unpaired) electrons. The Labute approximate surface area is 471 Å². The third-order valence-electron chi connectivity index (χ3n) is 15.2. The Morgan fingerprint density at radius 1 is 0.642 bits per heavy atom. The Morgan fingerprint density at radius 3 is 1.88 bits per heavy atom. The molecule has 4 aromatic carbocycles. The summed E-state index contributed by atoms with van der Waals surface area (Å²) in [5.41, 5.74) is 2.74. The second-order valence-corrected chi connectivity index (χ2v) is 26.5. The third kappa shape index (κ3) is 13.6. The lowest BCUT2D eigenvalue weighted by Crippen LogP contribution is -2.53. The van der Waals surface area contributed by atoms with Crippen molar-refractivity contribution in [3.05, 3.63) is 143 Å². The van der Waals surface area contributed by atoms with E-state index in [0.717, 1.165) is 67.6 Å². The molecular weight excluding hydrogens is 1100 g/mol. The molecule has 1 aromatic heterocycles. The van der Waals surface area contributed by atoms with Gasteiger partial charge in [0.1, 0.15) is 12.0 Å². The fourth-order valence-electron chi connectivity index (χ4n) is 11.5. The topological polar surface area (TPSA) is 299 Å². The zero-order valence-electron chi connectivity index (χ0n) is 45.5. The molecule has 81 heavy (non-hydrogen) atoms. The number of aromatic hydroxyl groups is 2. The second-order valence-electron chi connectivity index (χ2n) is 21.8. The van der Waals surface area contributed by atoms with E-state index in [0.29, 0.717) is 35.1 Å². The summed E-state index contributed by atoms with van der Waals surface area (Å²) in [5, 5.41) is 29.2. The molecule has 1 unspecified atom stereocenters. The van der Waals surface area contributed by atoms with Gasteiger partial charge in [0.05, 0.1) is 22.7 Å². The smallest absolute Gasteiger partial charge is 0.333 e. The highest BCUT2D eigenvalue weighted by molar-refractivity contribution is 7.86. The summed E-state index contributed by atoms with van der Waals surface area (Å²) in [6, 6.07) is 26.0. The summed E-state index contributed by atoms with van der Waals surface area (Å²) in [7, 11) is -13.2. The summed E-state index contributed by atoms with van der Waals surface area (Å²) in [6.45, 7) is 8.08. The Bertz CT molecular complexity index is 3800. The quantitative estimate of drug-likeness (QED) is 0.0146. The molecule has 0 fully saturated rings. The van der Waals surface area contributed by atoms with Crippen LogP contribution in [0.3, 0.4) is 0 Å². The number of nitrogens with zero attached hydrogens (tertiary/aromatic N) is 3. The van der Waals surface area contributed by atoms with E-state index in [-0.39, 0.29) is 51.7 Å². The number of aromatic nitrogens is 1. The van der Waals surface area contributed by atoms with Crippen molar-refractivity contribution < 1.29 is 72.9 Å². The van der Waals surface area contributed by atoms with Gasteiger partial charge in [0.2, 0.25) is 29.3 Å². The first-order valence-corrected chi connectivity index (χ1v) is 31.4. The van der Waals surface area contributed by atoms with Crippen LogP contribution in [0.15, 0.2) is 132 Å². The van der Waals surface area contributed by atoms with Crippen LogP contribution >= 0.6 is 0 Å². The Balaban J connectivity index is 1.20. The predicted molar refractivity (Wildman–Crippen MR) is 308 cm³/mol. The number of carbonyl (C=O) groups is 3. The lowest BCUT2D eigenvalue weighted by Gasteiger charge is -2.35. The van der Waals surface area contributed by atoms with E-state index >= 15 is 4.79 Å². The molecular formula is C58H68N5O15S3+. The Hall–Kier alpha value is -7.15. The van der Waals surface area contributed by atoms with Crippen LogP contribution in [0.25, 0.3) is 21.5 Å². The number of benzene rings is 4. The van der Waals surface area contributed by atoms with Crippen molar-refractivity contribution in [2.24, 2.45) is 5.41 Å². The van der Waals surface area contributed by atoms with Crippen LogP contribution in [0.5, 0.6) is 11.8 Å². The molecule has 5 aromatic rings. The van der Waals surface area contributed by atoms with Gasteiger partial charge in [0, 0.05) is 79.1 Å². The van der Waals surface area contributed by atoms with E-state index in [1.165, 1.54) is 0 Å². The summed E-state index contributed by atoms with van der Waals surface area (Å²) in [5.74, 6) is -5.03. The van der Waals surface area contributed by atoms with Crippen molar-refractivity contribution in [3.8, 4) is 11.8 Å². The molecule has 0 spiro atoms. The molecule has 8 rings (SSSR count). The fraction of sp³-hybridized carbons (Fsp3) is 0.379. The second kappa shape index (κ2) is 23.7. The molecule has 20 nitrogen and oxygen atoms in total. The zero-order chi connectivity index (χ0) is 58.7. The van der Waals surface area contributed by atoms with Gasteiger partial charge in [0.15, 0.2) is 5.71 Å². The lowest BCUT2D eigenvalue weighted by molar-refractivity contribution is -0.437. The molecule has 0 saturated carbocycles. The SMILES string of the molecule is CC1(C)C(/C=C/C2=CC(=C/C=C3/N(CCCS(=O)(=O)O)c4ccc5ccccc5c4C3(C)C)/CC(C(=O)NCCCCCC(=O)On3c(O)ccc3O)(C(=O)NCCS(=O)(=O)O)C2)=[N+](CCCS(=O)(=O)O)c2ccc3ccccc3c21. The monoisotopic (exact) mass is 1170 g/mol. The van der Waals surface area contributed by atoms with Crippen LogP contribution in [-0.2, 0) is 55.6 Å². The molecule has 1 atom stereocenters. The summed E-state index contributed by atoms with van der Waals surface area (Å²) in [4.78, 5) is 49.5. The predicted octanol–water partition coefficient (Wildman–Crippen LogP) is 7.34. The molecule has 1 aliphatic carbocycles. The van der Waals surface area contributed by atoms with Crippen LogP contribution in [0.2, 0.25) is 0 Å². The van der Waals surface area contributed by atoms with Crippen molar-refractivity contribution in [1.29, 1.82) is 0 Å². The van der Waals surface area contributed by atoms with Gasteiger partial charge in [-0.3, -0.25) is 23.2 Å². The van der Waals surface area contributed by atoms with Gasteiger partial charge in [-0.1, -0.05) is 93.1 Å². The number of amides is 2. The number of unbranched alkanes of at least 4 members (excludes halogenated alkanes) is 2. The van der Waals surface area contributed by atoms with Crippen LogP contribution in [0.4, 0.5) is 11.4 Å². The van der Waals surface area contributed by atoms with Gasteiger partial charge in [-0.2, -0.15) is 29.8 Å². The number of nitrogens with one attached hydrogen (secondary N) is 2. The minimum Gasteiger partial charge on any atom is -0.492 e. The normalized spacial score (nSPS) is 18.9. The maximum absolute atomic E-state index is 15.1. The Kier molecular flexibility index (Phi) is 17.6. The Morgan fingerprint density at radius 2 is 1.23 bits per heavy atom. The van der Waals surface area contributed by atoms with Gasteiger partial charge in [0.25, 0.3) is 30.4 Å². The van der Waals surface area contributed by atoms with E-state index < -0.39 is 99.9 Å². The maximum atomic E-state index is 15.1. The van der Waals surface area contributed by atoms with Gasteiger partial charge in [-0.05, 0) is 102 Å². The van der Waals surface area contributed by atoms with Gasteiger partial charge in [-0.15, -0.1) is 4.73 Å². The lowest BCUT2D eigenvalue weighted by atomic mass is 9.70. The van der Waals surface area contributed by atoms with Gasteiger partial charge < -0.3 is 30.6 Å². The highest BCUT2D eigenvalue weighted by Gasteiger charge is 2.50. The standard InChI is InChI=1S/C58H67N5O15S3/c1-56(2)47(61(31-12-33-79(69,70)71)45-23-21-41-14-7-9-16-43(41)52(45)56)25-19-39-36-40(20-26-48-57(3,4)53-44-17-10-8-15-42(44)22-24-46(53)62(48)32-13-34-80(72,73)74)38-58(37-39,55(68)60-30-35-81(75,76)77)54(67)59-29-11-5-6-18-51(66)78-63-49(64)27-28-50(63)65/h7-10,14-17,19-28,36H,5-6,11-13,18,29-35,37-38H2,1-4H3,(H6-,59,60,64,65,67,68,69,70,71,72,73,74,75,76,77)/p+1. The van der Waals surface area contributed by atoms with Crippen molar-refractivity contribution >= 4 is 86.8 Å². The first kappa shape index (κ1) is 60.0. The summed E-state index contributed by atoms with van der Waals surface area (Å²) in [6.07, 6.45) is 9.87. The highest BCUT2D eigenvalue weighted by atomic mass is 32.2.